The van der Waals surface area contributed by atoms with Crippen LogP contribution in [0.15, 0.2) is 103 Å². The minimum Gasteiger partial charge on any atom is -0.443 e. The number of aromatic nitrogens is 4. The molecule has 0 aliphatic carbocycles. The molecule has 0 amide bonds. The molecule has 0 saturated heterocycles. The van der Waals surface area contributed by atoms with Crippen LogP contribution in [-0.4, -0.2) is 19.9 Å². The van der Waals surface area contributed by atoms with Gasteiger partial charge in [0.2, 0.25) is 17.7 Å². The van der Waals surface area contributed by atoms with Crippen LogP contribution in [0.2, 0.25) is 0 Å². The van der Waals surface area contributed by atoms with E-state index < -0.39 is 0 Å². The molecule has 0 aliphatic rings. The van der Waals surface area contributed by atoms with E-state index in [1.54, 1.807) is 6.07 Å². The van der Waals surface area contributed by atoms with E-state index in [2.05, 4.69) is 19.9 Å². The number of fused-ring (bicyclic) bond motifs is 4. The summed E-state index contributed by atoms with van der Waals surface area (Å²) in [6.45, 7) is 0. The summed E-state index contributed by atoms with van der Waals surface area (Å²) in [6.07, 6.45) is 1.41. The molecule has 4 aromatic carbocycles. The maximum atomic E-state index is 6.05. The van der Waals surface area contributed by atoms with Gasteiger partial charge in [0.05, 0.1) is 0 Å². The lowest BCUT2D eigenvalue weighted by atomic mass is 10.1. The van der Waals surface area contributed by atoms with Crippen molar-refractivity contribution in [2.75, 3.05) is 0 Å². The first-order chi connectivity index (χ1) is 17.8. The molecule has 8 rings (SSSR count). The van der Waals surface area contributed by atoms with E-state index in [0.29, 0.717) is 45.5 Å². The molecule has 4 heterocycles. The molecule has 0 atom stereocenters. The van der Waals surface area contributed by atoms with Crippen LogP contribution in [0.25, 0.3) is 78.8 Å². The number of benzene rings is 4. The first-order valence-electron chi connectivity index (χ1n) is 11.3. The third kappa shape index (κ3) is 2.94. The summed E-state index contributed by atoms with van der Waals surface area (Å²) in [4.78, 5) is 18.1. The largest absolute Gasteiger partial charge is 0.443 e. The van der Waals surface area contributed by atoms with Gasteiger partial charge in [-0.15, -0.1) is 0 Å². The Morgan fingerprint density at radius 2 is 0.917 bits per heavy atom. The highest BCUT2D eigenvalue weighted by Crippen LogP contribution is 2.32. The molecule has 0 N–H and O–H groups in total. The maximum Gasteiger partial charge on any atom is 0.227 e. The molecule has 0 bridgehead atoms. The number of nitrogens with zero attached hydrogens (tertiary/aromatic N) is 4. The van der Waals surface area contributed by atoms with E-state index in [1.807, 2.05) is 72.8 Å². The molecule has 170 valence electrons. The van der Waals surface area contributed by atoms with Gasteiger partial charge in [0.1, 0.15) is 22.1 Å². The molecule has 8 nitrogen and oxygen atoms in total. The summed E-state index contributed by atoms with van der Waals surface area (Å²) in [5, 5.41) is 0. The quantitative estimate of drug-likeness (QED) is 0.266. The van der Waals surface area contributed by atoms with Gasteiger partial charge in [0, 0.05) is 28.8 Å². The second kappa shape index (κ2) is 7.13. The zero-order valence-corrected chi connectivity index (χ0v) is 18.5. The van der Waals surface area contributed by atoms with Crippen LogP contribution >= 0.6 is 0 Å². The van der Waals surface area contributed by atoms with Crippen molar-refractivity contribution < 1.29 is 17.7 Å². The van der Waals surface area contributed by atoms with Crippen molar-refractivity contribution in [3.05, 3.63) is 85.3 Å². The van der Waals surface area contributed by atoms with E-state index in [-0.39, 0.29) is 0 Å². The van der Waals surface area contributed by atoms with Crippen molar-refractivity contribution in [2.24, 2.45) is 0 Å². The van der Waals surface area contributed by atoms with Crippen molar-refractivity contribution in [1.29, 1.82) is 0 Å². The summed E-state index contributed by atoms with van der Waals surface area (Å²) in [5.41, 5.74) is 8.10. The van der Waals surface area contributed by atoms with Crippen LogP contribution < -0.4 is 0 Å². The molecule has 0 radical (unpaired) electrons. The van der Waals surface area contributed by atoms with Crippen molar-refractivity contribution in [3.8, 4) is 34.4 Å². The zero-order valence-electron chi connectivity index (χ0n) is 18.5. The SMILES string of the molecule is c1ccc(-c2nc3cc4nc(-c5ccc(-c6nc7cc8ncoc8cc7o6)cc5)oc4cc3o2)cc1. The van der Waals surface area contributed by atoms with Gasteiger partial charge in [-0.05, 0) is 48.5 Å². The Hall–Kier alpha value is -5.24. The first kappa shape index (κ1) is 19.1. The molecule has 0 aliphatic heterocycles. The van der Waals surface area contributed by atoms with Gasteiger partial charge in [-0.2, -0.15) is 0 Å². The summed E-state index contributed by atoms with van der Waals surface area (Å²) >= 11 is 0. The predicted octanol–water partition coefficient (Wildman–Crippen LogP) is 7.25. The molecular weight excluding hydrogens is 456 g/mol. The Morgan fingerprint density at radius 3 is 1.47 bits per heavy atom. The van der Waals surface area contributed by atoms with Crippen molar-refractivity contribution in [1.82, 2.24) is 19.9 Å². The second-order valence-electron chi connectivity index (χ2n) is 8.43. The lowest BCUT2D eigenvalue weighted by Gasteiger charge is -1.97. The van der Waals surface area contributed by atoms with Crippen LogP contribution in [-0.2, 0) is 0 Å². The standard InChI is InChI=1S/C28H14N4O4/c1-2-4-15(5-3-1)26-31-20-11-21-25(13-24(20)35-26)36-28(32-21)17-8-6-16(7-9-17)27-30-19-10-18-22(33-14-29-18)12-23(19)34-27/h1-14H. The van der Waals surface area contributed by atoms with Crippen molar-refractivity contribution in [2.45, 2.75) is 0 Å². The van der Waals surface area contributed by atoms with Gasteiger partial charge in [0.25, 0.3) is 0 Å². The van der Waals surface area contributed by atoms with E-state index >= 15 is 0 Å². The highest BCUT2D eigenvalue weighted by atomic mass is 16.4. The summed E-state index contributed by atoms with van der Waals surface area (Å²) in [6, 6.07) is 24.9. The third-order valence-electron chi connectivity index (χ3n) is 6.14. The molecule has 0 fully saturated rings. The molecule has 8 aromatic rings. The van der Waals surface area contributed by atoms with E-state index in [4.69, 9.17) is 17.7 Å². The Morgan fingerprint density at radius 1 is 0.444 bits per heavy atom. The molecule has 8 heteroatoms. The number of hydrogen-bond acceptors (Lipinski definition) is 8. The fraction of sp³-hybridized carbons (Fsp3) is 0. The Balaban J connectivity index is 1.13. The minimum atomic E-state index is 0.511. The van der Waals surface area contributed by atoms with Crippen LogP contribution in [0.5, 0.6) is 0 Å². The number of rotatable bonds is 3. The summed E-state index contributed by atoms with van der Waals surface area (Å²) < 4.78 is 23.3. The van der Waals surface area contributed by atoms with Gasteiger partial charge in [-0.1, -0.05) is 18.2 Å². The van der Waals surface area contributed by atoms with Crippen LogP contribution in [0, 0.1) is 0 Å². The van der Waals surface area contributed by atoms with Crippen LogP contribution in [0.1, 0.15) is 0 Å². The maximum absolute atomic E-state index is 6.05. The lowest BCUT2D eigenvalue weighted by molar-refractivity contribution is 0.597. The summed E-state index contributed by atoms with van der Waals surface area (Å²) in [5.74, 6) is 1.59. The highest BCUT2D eigenvalue weighted by Gasteiger charge is 2.15. The topological polar surface area (TPSA) is 104 Å². The molecule has 0 spiro atoms. The predicted molar refractivity (Wildman–Crippen MR) is 133 cm³/mol. The van der Waals surface area contributed by atoms with Gasteiger partial charge in [-0.3, -0.25) is 0 Å². The molecular formula is C28H14N4O4. The van der Waals surface area contributed by atoms with Gasteiger partial charge >= 0.3 is 0 Å². The normalized spacial score (nSPS) is 11.9. The average Bonchev–Trinajstić information content (AvgIpc) is 3.70. The van der Waals surface area contributed by atoms with E-state index in [1.165, 1.54) is 6.39 Å². The molecule has 36 heavy (non-hydrogen) atoms. The highest BCUT2D eigenvalue weighted by molar-refractivity contribution is 5.92. The monoisotopic (exact) mass is 470 g/mol. The number of oxazole rings is 4. The van der Waals surface area contributed by atoms with Gasteiger partial charge in [0.15, 0.2) is 28.7 Å². The molecule has 0 saturated carbocycles. The average molecular weight is 470 g/mol. The van der Waals surface area contributed by atoms with Gasteiger partial charge in [-0.25, -0.2) is 19.9 Å². The fourth-order valence-electron chi connectivity index (χ4n) is 4.34. The smallest absolute Gasteiger partial charge is 0.227 e. The summed E-state index contributed by atoms with van der Waals surface area (Å²) in [7, 11) is 0. The third-order valence-corrected chi connectivity index (χ3v) is 6.14. The van der Waals surface area contributed by atoms with E-state index in [9.17, 15) is 0 Å². The number of hydrogen-bond donors (Lipinski definition) is 0. The van der Waals surface area contributed by atoms with Gasteiger partial charge < -0.3 is 17.7 Å². The molecule has 4 aromatic heterocycles. The molecule has 0 unspecified atom stereocenters. The minimum absolute atomic E-state index is 0.511. The van der Waals surface area contributed by atoms with Crippen LogP contribution in [0.3, 0.4) is 0 Å². The fourth-order valence-corrected chi connectivity index (χ4v) is 4.34. The second-order valence-corrected chi connectivity index (χ2v) is 8.43. The van der Waals surface area contributed by atoms with Crippen molar-refractivity contribution in [3.63, 3.8) is 0 Å². The first-order valence-corrected chi connectivity index (χ1v) is 11.3. The Bertz CT molecular complexity index is 1950. The van der Waals surface area contributed by atoms with Crippen LogP contribution in [0.4, 0.5) is 0 Å². The Labute approximate surface area is 201 Å². The van der Waals surface area contributed by atoms with E-state index in [0.717, 1.165) is 33.2 Å². The Kier molecular flexibility index (Phi) is 3.78. The zero-order chi connectivity index (χ0) is 23.6. The van der Waals surface area contributed by atoms with Crippen molar-refractivity contribution >= 4 is 44.4 Å². The lowest BCUT2D eigenvalue weighted by Crippen LogP contribution is -1.80.